The monoisotopic (exact) mass is 378 g/mol. The summed E-state index contributed by atoms with van der Waals surface area (Å²) in [4.78, 5) is 16.2. The van der Waals surface area contributed by atoms with E-state index in [1.807, 2.05) is 18.2 Å². The molecule has 0 unspecified atom stereocenters. The van der Waals surface area contributed by atoms with Gasteiger partial charge in [0.25, 0.3) is 5.89 Å². The van der Waals surface area contributed by atoms with Gasteiger partial charge in [-0.05, 0) is 30.3 Å². The first-order valence-electron chi connectivity index (χ1n) is 7.15. The lowest BCUT2D eigenvalue weighted by atomic mass is 10.2. The third-order valence-electron chi connectivity index (χ3n) is 3.22. The van der Waals surface area contributed by atoms with Gasteiger partial charge in [-0.1, -0.05) is 40.5 Å². The summed E-state index contributed by atoms with van der Waals surface area (Å²) in [6.45, 7) is -0.167. The van der Waals surface area contributed by atoms with Gasteiger partial charge in [0.1, 0.15) is 5.75 Å². The average molecular weight is 379 g/mol. The van der Waals surface area contributed by atoms with Gasteiger partial charge >= 0.3 is 5.97 Å². The summed E-state index contributed by atoms with van der Waals surface area (Å²) in [6, 6.07) is 11.7. The Morgan fingerprint density at radius 1 is 1.16 bits per heavy atom. The van der Waals surface area contributed by atoms with Crippen LogP contribution in [0.15, 0.2) is 47.0 Å². The minimum absolute atomic E-state index is 0.166. The van der Waals surface area contributed by atoms with E-state index in [0.29, 0.717) is 21.6 Å². The molecule has 0 aliphatic carbocycles. The number of carbonyl (C=O) groups is 1. The molecule has 0 radical (unpaired) electrons. The van der Waals surface area contributed by atoms with Crippen molar-refractivity contribution in [3.8, 4) is 17.1 Å². The molecule has 3 rings (SSSR count). The van der Waals surface area contributed by atoms with E-state index in [0.717, 1.165) is 5.56 Å². The van der Waals surface area contributed by atoms with Crippen LogP contribution < -0.4 is 4.74 Å². The highest BCUT2D eigenvalue weighted by molar-refractivity contribution is 6.35. The van der Waals surface area contributed by atoms with Crippen molar-refractivity contribution in [2.75, 3.05) is 7.11 Å². The molecule has 6 nitrogen and oxygen atoms in total. The number of aromatic nitrogens is 2. The standard InChI is InChI=1S/C17H12Cl2N2O4/c1-23-14-4-2-3-10(7-14)16-20-15(25-21-16)9-24-17(22)11-5-12(18)8-13(19)6-11/h2-8H,9H2,1H3. The van der Waals surface area contributed by atoms with E-state index in [9.17, 15) is 4.79 Å². The molecule has 0 bridgehead atoms. The van der Waals surface area contributed by atoms with Crippen LogP contribution in [-0.2, 0) is 11.3 Å². The summed E-state index contributed by atoms with van der Waals surface area (Å²) < 4.78 is 15.4. The highest BCUT2D eigenvalue weighted by Gasteiger charge is 2.14. The topological polar surface area (TPSA) is 74.5 Å². The summed E-state index contributed by atoms with van der Waals surface area (Å²) in [5, 5.41) is 4.56. The summed E-state index contributed by atoms with van der Waals surface area (Å²) in [5.41, 5.74) is 0.965. The normalized spacial score (nSPS) is 10.5. The molecule has 0 spiro atoms. The molecule has 0 fully saturated rings. The molecular weight excluding hydrogens is 367 g/mol. The van der Waals surface area contributed by atoms with Crippen LogP contribution in [-0.4, -0.2) is 23.2 Å². The van der Waals surface area contributed by atoms with Crippen LogP contribution in [0.1, 0.15) is 16.2 Å². The van der Waals surface area contributed by atoms with Crippen molar-refractivity contribution in [2.45, 2.75) is 6.61 Å². The molecule has 128 valence electrons. The van der Waals surface area contributed by atoms with Crippen molar-refractivity contribution in [3.05, 3.63) is 64.0 Å². The first-order valence-corrected chi connectivity index (χ1v) is 7.91. The van der Waals surface area contributed by atoms with Gasteiger partial charge in [0, 0.05) is 15.6 Å². The highest BCUT2D eigenvalue weighted by atomic mass is 35.5. The number of benzene rings is 2. The fraction of sp³-hybridized carbons (Fsp3) is 0.118. The summed E-state index contributed by atoms with van der Waals surface area (Å²) >= 11 is 11.7. The minimum Gasteiger partial charge on any atom is -0.497 e. The zero-order valence-corrected chi connectivity index (χ0v) is 14.5. The van der Waals surface area contributed by atoms with Crippen LogP contribution >= 0.6 is 23.2 Å². The maximum atomic E-state index is 12.0. The lowest BCUT2D eigenvalue weighted by Crippen LogP contribution is -2.05. The molecule has 0 aliphatic rings. The van der Waals surface area contributed by atoms with Crippen LogP contribution in [0.4, 0.5) is 0 Å². The Morgan fingerprint density at radius 2 is 1.92 bits per heavy atom. The number of ether oxygens (including phenoxy) is 2. The maximum Gasteiger partial charge on any atom is 0.338 e. The Hall–Kier alpha value is -2.57. The molecule has 25 heavy (non-hydrogen) atoms. The largest absolute Gasteiger partial charge is 0.497 e. The lowest BCUT2D eigenvalue weighted by Gasteiger charge is -2.03. The van der Waals surface area contributed by atoms with Gasteiger partial charge in [0.2, 0.25) is 5.82 Å². The predicted molar refractivity (Wildman–Crippen MR) is 91.9 cm³/mol. The maximum absolute atomic E-state index is 12.0. The van der Waals surface area contributed by atoms with Crippen LogP contribution in [0.3, 0.4) is 0 Å². The minimum atomic E-state index is -0.592. The first-order chi connectivity index (χ1) is 12.0. The summed E-state index contributed by atoms with van der Waals surface area (Å²) in [6.07, 6.45) is 0. The van der Waals surface area contributed by atoms with Crippen LogP contribution in [0.25, 0.3) is 11.4 Å². The number of carbonyl (C=O) groups excluding carboxylic acids is 1. The fourth-order valence-corrected chi connectivity index (χ4v) is 2.60. The van der Waals surface area contributed by atoms with Crippen molar-refractivity contribution in [3.63, 3.8) is 0 Å². The lowest BCUT2D eigenvalue weighted by molar-refractivity contribution is 0.0430. The Bertz CT molecular complexity index is 891. The van der Waals surface area contributed by atoms with Gasteiger partial charge in [-0.2, -0.15) is 4.98 Å². The zero-order chi connectivity index (χ0) is 17.8. The van der Waals surface area contributed by atoms with Crippen molar-refractivity contribution >= 4 is 29.2 Å². The van der Waals surface area contributed by atoms with E-state index in [4.69, 9.17) is 37.2 Å². The molecule has 0 saturated carbocycles. The number of esters is 1. The van der Waals surface area contributed by atoms with Crippen molar-refractivity contribution in [2.24, 2.45) is 0 Å². The van der Waals surface area contributed by atoms with Gasteiger partial charge in [0.15, 0.2) is 6.61 Å². The molecule has 3 aromatic rings. The molecule has 0 saturated heterocycles. The van der Waals surface area contributed by atoms with Crippen molar-refractivity contribution in [1.82, 2.24) is 10.1 Å². The molecule has 2 aromatic carbocycles. The van der Waals surface area contributed by atoms with E-state index in [1.165, 1.54) is 18.2 Å². The molecule has 0 N–H and O–H groups in total. The second-order valence-electron chi connectivity index (χ2n) is 4.98. The van der Waals surface area contributed by atoms with Crippen molar-refractivity contribution < 1.29 is 18.8 Å². The van der Waals surface area contributed by atoms with Crippen molar-refractivity contribution in [1.29, 1.82) is 0 Å². The SMILES string of the molecule is COc1cccc(-c2noc(COC(=O)c3cc(Cl)cc(Cl)c3)n2)c1. The molecule has 1 aromatic heterocycles. The fourth-order valence-electron chi connectivity index (χ4n) is 2.08. The van der Waals surface area contributed by atoms with Gasteiger partial charge in [-0.3, -0.25) is 0 Å². The number of hydrogen-bond acceptors (Lipinski definition) is 6. The van der Waals surface area contributed by atoms with E-state index in [-0.39, 0.29) is 18.1 Å². The van der Waals surface area contributed by atoms with Gasteiger partial charge < -0.3 is 14.0 Å². The number of methoxy groups -OCH3 is 1. The van der Waals surface area contributed by atoms with E-state index >= 15 is 0 Å². The molecular formula is C17H12Cl2N2O4. The highest BCUT2D eigenvalue weighted by Crippen LogP contribution is 2.22. The Labute approximate surface area is 153 Å². The number of halogens is 2. The molecule has 8 heteroatoms. The van der Waals surface area contributed by atoms with Gasteiger partial charge in [-0.15, -0.1) is 0 Å². The molecule has 0 aliphatic heterocycles. The molecule has 0 amide bonds. The van der Waals surface area contributed by atoms with E-state index in [2.05, 4.69) is 10.1 Å². The molecule has 0 atom stereocenters. The van der Waals surface area contributed by atoms with E-state index < -0.39 is 5.97 Å². The van der Waals surface area contributed by atoms with Gasteiger partial charge in [0.05, 0.1) is 12.7 Å². The second-order valence-corrected chi connectivity index (χ2v) is 5.85. The third-order valence-corrected chi connectivity index (χ3v) is 3.66. The third kappa shape index (κ3) is 4.29. The summed E-state index contributed by atoms with van der Waals surface area (Å²) in [7, 11) is 1.57. The smallest absolute Gasteiger partial charge is 0.338 e. The van der Waals surface area contributed by atoms with Gasteiger partial charge in [-0.25, -0.2) is 4.79 Å². The van der Waals surface area contributed by atoms with E-state index in [1.54, 1.807) is 13.2 Å². The zero-order valence-electron chi connectivity index (χ0n) is 13.0. The van der Waals surface area contributed by atoms with Crippen LogP contribution in [0.5, 0.6) is 5.75 Å². The molecule has 1 heterocycles. The summed E-state index contributed by atoms with van der Waals surface area (Å²) in [5.74, 6) is 0.619. The average Bonchev–Trinajstić information content (AvgIpc) is 3.08. The second kappa shape index (κ2) is 7.55. The quantitative estimate of drug-likeness (QED) is 0.612. The van der Waals surface area contributed by atoms with Crippen LogP contribution in [0.2, 0.25) is 10.0 Å². The Morgan fingerprint density at radius 3 is 2.64 bits per heavy atom. The Kier molecular flexibility index (Phi) is 5.21. The number of hydrogen-bond donors (Lipinski definition) is 0. The predicted octanol–water partition coefficient (Wildman–Crippen LogP) is 4.41. The first kappa shape index (κ1) is 17.3. The number of rotatable bonds is 5. The number of nitrogens with zero attached hydrogens (tertiary/aromatic N) is 2. The van der Waals surface area contributed by atoms with Crippen LogP contribution in [0, 0.1) is 0 Å². The Balaban J connectivity index is 1.68.